The minimum absolute atomic E-state index is 0.423. The SMILES string of the molecule is c1nc2ccc(C3CNCCN3)cc2[nH]1. The van der Waals surface area contributed by atoms with Crippen LogP contribution in [0, 0.1) is 0 Å². The smallest absolute Gasteiger partial charge is 0.0931 e. The second kappa shape index (κ2) is 3.64. The topological polar surface area (TPSA) is 52.7 Å². The standard InChI is InChI=1S/C11H14N4/c1-2-9-10(15-7-14-9)5-8(1)11-6-12-3-4-13-11/h1-2,5,7,11-13H,3-4,6H2,(H,14,15). The van der Waals surface area contributed by atoms with E-state index in [0.29, 0.717) is 6.04 Å². The Morgan fingerprint density at radius 1 is 1.27 bits per heavy atom. The third-order valence-corrected chi connectivity index (χ3v) is 2.89. The van der Waals surface area contributed by atoms with Crippen LogP contribution in [-0.4, -0.2) is 29.6 Å². The van der Waals surface area contributed by atoms with Crippen LogP contribution in [0.5, 0.6) is 0 Å². The average Bonchev–Trinajstić information content (AvgIpc) is 2.77. The van der Waals surface area contributed by atoms with Gasteiger partial charge in [0.15, 0.2) is 0 Å². The van der Waals surface area contributed by atoms with Crippen molar-refractivity contribution in [3.63, 3.8) is 0 Å². The second-order valence-electron chi connectivity index (χ2n) is 3.89. The fraction of sp³-hybridized carbons (Fsp3) is 0.364. The van der Waals surface area contributed by atoms with Gasteiger partial charge < -0.3 is 15.6 Å². The predicted molar refractivity (Wildman–Crippen MR) is 59.7 cm³/mol. The zero-order chi connectivity index (χ0) is 10.1. The molecule has 0 aliphatic carbocycles. The Bertz CT molecular complexity index is 456. The molecule has 1 saturated heterocycles. The van der Waals surface area contributed by atoms with Crippen molar-refractivity contribution >= 4 is 11.0 Å². The Morgan fingerprint density at radius 3 is 3.13 bits per heavy atom. The van der Waals surface area contributed by atoms with Crippen LogP contribution in [0.2, 0.25) is 0 Å². The number of aromatic amines is 1. The van der Waals surface area contributed by atoms with E-state index >= 15 is 0 Å². The normalized spacial score (nSPS) is 22.0. The van der Waals surface area contributed by atoms with Crippen molar-refractivity contribution in [1.82, 2.24) is 20.6 Å². The van der Waals surface area contributed by atoms with E-state index in [9.17, 15) is 0 Å². The van der Waals surface area contributed by atoms with Crippen LogP contribution in [0.3, 0.4) is 0 Å². The maximum Gasteiger partial charge on any atom is 0.0931 e. The third-order valence-electron chi connectivity index (χ3n) is 2.89. The number of fused-ring (bicyclic) bond motifs is 1. The first-order valence-corrected chi connectivity index (χ1v) is 5.30. The van der Waals surface area contributed by atoms with E-state index in [4.69, 9.17) is 0 Å². The number of nitrogens with zero attached hydrogens (tertiary/aromatic N) is 1. The van der Waals surface area contributed by atoms with Crippen LogP contribution in [-0.2, 0) is 0 Å². The molecule has 2 aromatic rings. The fourth-order valence-electron chi connectivity index (χ4n) is 2.06. The molecule has 4 nitrogen and oxygen atoms in total. The molecule has 1 atom stereocenters. The van der Waals surface area contributed by atoms with Gasteiger partial charge in [0.05, 0.1) is 17.4 Å². The lowest BCUT2D eigenvalue weighted by atomic mass is 10.0. The highest BCUT2D eigenvalue weighted by molar-refractivity contribution is 5.75. The first kappa shape index (κ1) is 8.88. The molecule has 3 rings (SSSR count). The lowest BCUT2D eigenvalue weighted by Gasteiger charge is -2.24. The van der Waals surface area contributed by atoms with E-state index in [2.05, 4.69) is 38.8 Å². The van der Waals surface area contributed by atoms with Gasteiger partial charge in [-0.15, -0.1) is 0 Å². The Morgan fingerprint density at radius 2 is 2.27 bits per heavy atom. The zero-order valence-electron chi connectivity index (χ0n) is 8.46. The van der Waals surface area contributed by atoms with Crippen LogP contribution in [0.15, 0.2) is 24.5 Å². The summed E-state index contributed by atoms with van der Waals surface area (Å²) >= 11 is 0. The van der Waals surface area contributed by atoms with Crippen molar-refractivity contribution < 1.29 is 0 Å². The number of hydrogen-bond acceptors (Lipinski definition) is 3. The Labute approximate surface area is 88.1 Å². The summed E-state index contributed by atoms with van der Waals surface area (Å²) in [4.78, 5) is 7.35. The molecule has 78 valence electrons. The van der Waals surface area contributed by atoms with E-state index in [1.165, 1.54) is 5.56 Å². The summed E-state index contributed by atoms with van der Waals surface area (Å²) < 4.78 is 0. The molecule has 1 aliphatic heterocycles. The summed E-state index contributed by atoms with van der Waals surface area (Å²) in [5, 5.41) is 6.88. The van der Waals surface area contributed by atoms with Crippen LogP contribution in [0.1, 0.15) is 11.6 Å². The Balaban J connectivity index is 1.95. The summed E-state index contributed by atoms with van der Waals surface area (Å²) in [6.07, 6.45) is 1.74. The van der Waals surface area contributed by atoms with Crippen LogP contribution in [0.4, 0.5) is 0 Å². The van der Waals surface area contributed by atoms with Gasteiger partial charge in [-0.2, -0.15) is 0 Å². The van der Waals surface area contributed by atoms with E-state index < -0.39 is 0 Å². The molecule has 15 heavy (non-hydrogen) atoms. The van der Waals surface area contributed by atoms with Crippen LogP contribution >= 0.6 is 0 Å². The number of benzene rings is 1. The molecule has 0 radical (unpaired) electrons. The second-order valence-corrected chi connectivity index (χ2v) is 3.89. The Hall–Kier alpha value is -1.39. The first-order valence-electron chi connectivity index (χ1n) is 5.30. The molecule has 1 unspecified atom stereocenters. The van der Waals surface area contributed by atoms with Gasteiger partial charge in [-0.1, -0.05) is 6.07 Å². The summed E-state index contributed by atoms with van der Waals surface area (Å²) in [7, 11) is 0. The fourth-order valence-corrected chi connectivity index (χ4v) is 2.06. The molecule has 0 saturated carbocycles. The molecule has 1 aromatic carbocycles. The van der Waals surface area contributed by atoms with Gasteiger partial charge in [0.2, 0.25) is 0 Å². The number of nitrogens with one attached hydrogen (secondary N) is 3. The number of imidazole rings is 1. The van der Waals surface area contributed by atoms with Crippen molar-refractivity contribution in [2.45, 2.75) is 6.04 Å². The molecule has 3 N–H and O–H groups in total. The highest BCUT2D eigenvalue weighted by Crippen LogP contribution is 2.18. The van der Waals surface area contributed by atoms with Crippen LogP contribution < -0.4 is 10.6 Å². The molecule has 0 spiro atoms. The van der Waals surface area contributed by atoms with Gasteiger partial charge in [0.1, 0.15) is 0 Å². The van der Waals surface area contributed by atoms with Crippen molar-refractivity contribution in [1.29, 1.82) is 0 Å². The summed E-state index contributed by atoms with van der Waals surface area (Å²) in [6.45, 7) is 3.09. The van der Waals surface area contributed by atoms with Crippen molar-refractivity contribution in [2.24, 2.45) is 0 Å². The van der Waals surface area contributed by atoms with Gasteiger partial charge in [0, 0.05) is 25.7 Å². The summed E-state index contributed by atoms with van der Waals surface area (Å²) in [5.74, 6) is 0. The summed E-state index contributed by atoms with van der Waals surface area (Å²) in [5.41, 5.74) is 3.46. The minimum atomic E-state index is 0.423. The Kier molecular flexibility index (Phi) is 2.16. The minimum Gasteiger partial charge on any atom is -0.345 e. The third kappa shape index (κ3) is 1.62. The predicted octanol–water partition coefficient (Wildman–Crippen LogP) is 0.797. The highest BCUT2D eigenvalue weighted by Gasteiger charge is 2.14. The van der Waals surface area contributed by atoms with Crippen molar-refractivity contribution in [3.05, 3.63) is 30.1 Å². The first-order chi connectivity index (χ1) is 7.43. The molecule has 1 aromatic heterocycles. The lowest BCUT2D eigenvalue weighted by molar-refractivity contribution is 0.430. The highest BCUT2D eigenvalue weighted by atomic mass is 15.1. The zero-order valence-corrected chi connectivity index (χ0v) is 8.46. The molecule has 1 fully saturated rings. The number of hydrogen-bond donors (Lipinski definition) is 3. The quantitative estimate of drug-likeness (QED) is 0.641. The summed E-state index contributed by atoms with van der Waals surface area (Å²) in [6, 6.07) is 6.81. The van der Waals surface area contributed by atoms with Gasteiger partial charge >= 0.3 is 0 Å². The molecular weight excluding hydrogens is 188 g/mol. The molecule has 2 heterocycles. The maximum atomic E-state index is 4.21. The molecule has 0 bridgehead atoms. The number of piperazine rings is 1. The van der Waals surface area contributed by atoms with Gasteiger partial charge in [0.25, 0.3) is 0 Å². The molecule has 4 heteroatoms. The van der Waals surface area contributed by atoms with Crippen molar-refractivity contribution in [3.8, 4) is 0 Å². The monoisotopic (exact) mass is 202 g/mol. The molecule has 0 amide bonds. The lowest BCUT2D eigenvalue weighted by Crippen LogP contribution is -2.42. The van der Waals surface area contributed by atoms with E-state index in [0.717, 1.165) is 30.7 Å². The van der Waals surface area contributed by atoms with E-state index in [1.54, 1.807) is 6.33 Å². The molecular formula is C11H14N4. The van der Waals surface area contributed by atoms with Crippen molar-refractivity contribution in [2.75, 3.05) is 19.6 Å². The number of H-pyrrole nitrogens is 1. The molecule has 1 aliphatic rings. The number of aromatic nitrogens is 2. The average molecular weight is 202 g/mol. The maximum absolute atomic E-state index is 4.21. The number of rotatable bonds is 1. The van der Waals surface area contributed by atoms with Gasteiger partial charge in [-0.25, -0.2) is 4.98 Å². The van der Waals surface area contributed by atoms with E-state index in [1.807, 2.05) is 0 Å². The van der Waals surface area contributed by atoms with Gasteiger partial charge in [-0.3, -0.25) is 0 Å². The van der Waals surface area contributed by atoms with Gasteiger partial charge in [-0.05, 0) is 17.7 Å². The largest absolute Gasteiger partial charge is 0.345 e. The van der Waals surface area contributed by atoms with Crippen LogP contribution in [0.25, 0.3) is 11.0 Å². The van der Waals surface area contributed by atoms with E-state index in [-0.39, 0.29) is 0 Å².